The molecule has 1 aliphatic rings. The molecule has 0 bridgehead atoms. The first kappa shape index (κ1) is 21.3. The highest BCUT2D eigenvalue weighted by Crippen LogP contribution is 2.22. The molecule has 0 aliphatic carbocycles. The number of hydrogen-bond donors (Lipinski definition) is 1. The van der Waals surface area contributed by atoms with E-state index in [1.807, 2.05) is 53.3 Å². The fourth-order valence-corrected chi connectivity index (χ4v) is 4.42. The van der Waals surface area contributed by atoms with E-state index in [0.29, 0.717) is 0 Å². The highest BCUT2D eigenvalue weighted by atomic mass is 19.1. The maximum Gasteiger partial charge on any atom is 0.228 e. The van der Waals surface area contributed by atoms with Crippen molar-refractivity contribution in [3.63, 3.8) is 0 Å². The number of halogens is 1. The summed E-state index contributed by atoms with van der Waals surface area (Å²) in [6.45, 7) is 4.19. The molecule has 33 heavy (non-hydrogen) atoms. The van der Waals surface area contributed by atoms with Gasteiger partial charge in [-0.25, -0.2) is 4.39 Å². The Morgan fingerprint density at radius 2 is 1.61 bits per heavy atom. The molecular weight excluding hydrogens is 415 g/mol. The minimum atomic E-state index is -0.250. The van der Waals surface area contributed by atoms with Gasteiger partial charge in [0.25, 0.3) is 0 Å². The number of rotatable bonds is 7. The lowest BCUT2D eigenvalue weighted by Crippen LogP contribution is -2.24. The summed E-state index contributed by atoms with van der Waals surface area (Å²) in [5.74, 6) is -0.313. The molecule has 5 rings (SSSR count). The number of likely N-dealkylation sites (tertiary alicyclic amines) is 1. The number of fused-ring (bicyclic) bond motifs is 1. The zero-order valence-corrected chi connectivity index (χ0v) is 18.5. The van der Waals surface area contributed by atoms with E-state index >= 15 is 0 Å². The molecule has 3 aromatic carbocycles. The Bertz CT molecular complexity index is 1240. The van der Waals surface area contributed by atoms with Crippen molar-refractivity contribution in [2.24, 2.45) is 0 Å². The third-order valence-electron chi connectivity index (χ3n) is 6.25. The number of aromatic nitrogens is 2. The van der Waals surface area contributed by atoms with Crippen LogP contribution in [0, 0.1) is 5.82 Å². The summed E-state index contributed by atoms with van der Waals surface area (Å²) in [6.07, 6.45) is 4.74. The highest BCUT2D eigenvalue weighted by molar-refractivity contribution is 5.94. The van der Waals surface area contributed by atoms with Crippen LogP contribution < -0.4 is 5.32 Å². The van der Waals surface area contributed by atoms with Gasteiger partial charge in [-0.15, -0.1) is 0 Å². The molecule has 1 amide bonds. The van der Waals surface area contributed by atoms with Crippen molar-refractivity contribution in [3.8, 4) is 11.1 Å². The Morgan fingerprint density at radius 3 is 2.33 bits per heavy atom. The summed E-state index contributed by atoms with van der Waals surface area (Å²) in [6, 6.07) is 20.1. The largest absolute Gasteiger partial charge is 0.326 e. The fraction of sp³-hybridized carbons (Fsp3) is 0.259. The van der Waals surface area contributed by atoms with Crippen LogP contribution in [0.25, 0.3) is 22.0 Å². The van der Waals surface area contributed by atoms with Crippen molar-refractivity contribution in [2.75, 3.05) is 25.0 Å². The standard InChI is InChI=1S/C27H27FN4O/c28-24-10-7-22(8-11-24)21-5-3-20(4-6-21)17-27(33)30-25-12-9-23-19-29-32(26(23)18-25)16-15-31-13-1-2-14-31/h3-12,18-19H,1-2,13-17H2,(H,30,33). The van der Waals surface area contributed by atoms with Crippen LogP contribution in [-0.4, -0.2) is 40.2 Å². The fourth-order valence-electron chi connectivity index (χ4n) is 4.42. The Balaban J connectivity index is 1.22. The lowest BCUT2D eigenvalue weighted by molar-refractivity contribution is -0.115. The predicted molar refractivity (Wildman–Crippen MR) is 130 cm³/mol. The van der Waals surface area contributed by atoms with E-state index in [9.17, 15) is 9.18 Å². The van der Waals surface area contributed by atoms with Gasteiger partial charge < -0.3 is 10.2 Å². The molecule has 168 valence electrons. The third-order valence-corrected chi connectivity index (χ3v) is 6.25. The number of amides is 1. The maximum absolute atomic E-state index is 13.1. The summed E-state index contributed by atoms with van der Waals surface area (Å²) >= 11 is 0. The van der Waals surface area contributed by atoms with Gasteiger partial charge in [0.15, 0.2) is 0 Å². The van der Waals surface area contributed by atoms with Gasteiger partial charge in [-0.3, -0.25) is 9.48 Å². The summed E-state index contributed by atoms with van der Waals surface area (Å²) in [5.41, 5.74) is 4.68. The molecule has 0 atom stereocenters. The van der Waals surface area contributed by atoms with Crippen LogP contribution in [0.3, 0.4) is 0 Å². The van der Waals surface area contributed by atoms with E-state index in [2.05, 4.69) is 15.3 Å². The first-order chi connectivity index (χ1) is 16.1. The van der Waals surface area contributed by atoms with Crippen molar-refractivity contribution >= 4 is 22.5 Å². The summed E-state index contributed by atoms with van der Waals surface area (Å²) in [5, 5.41) is 8.63. The Labute approximate surface area is 192 Å². The zero-order chi connectivity index (χ0) is 22.6. The summed E-state index contributed by atoms with van der Waals surface area (Å²) in [7, 11) is 0. The summed E-state index contributed by atoms with van der Waals surface area (Å²) < 4.78 is 15.2. The van der Waals surface area contributed by atoms with Gasteiger partial charge in [-0.2, -0.15) is 5.10 Å². The molecule has 0 unspecified atom stereocenters. The molecule has 1 aliphatic heterocycles. The lowest BCUT2D eigenvalue weighted by Gasteiger charge is -2.14. The van der Waals surface area contributed by atoms with Crippen molar-refractivity contribution in [3.05, 3.63) is 84.3 Å². The maximum atomic E-state index is 13.1. The van der Waals surface area contributed by atoms with Gasteiger partial charge in [0.2, 0.25) is 5.91 Å². The number of nitrogens with zero attached hydrogens (tertiary/aromatic N) is 3. The van der Waals surface area contributed by atoms with Crippen LogP contribution in [-0.2, 0) is 17.8 Å². The average molecular weight is 443 g/mol. The molecule has 0 spiro atoms. The van der Waals surface area contributed by atoms with Crippen LogP contribution in [0.15, 0.2) is 72.9 Å². The molecule has 6 heteroatoms. The van der Waals surface area contributed by atoms with Crippen LogP contribution in [0.1, 0.15) is 18.4 Å². The second-order valence-electron chi connectivity index (χ2n) is 8.62. The second kappa shape index (κ2) is 9.55. The minimum absolute atomic E-state index is 0.0629. The van der Waals surface area contributed by atoms with Crippen molar-refractivity contribution in [1.82, 2.24) is 14.7 Å². The van der Waals surface area contributed by atoms with Crippen molar-refractivity contribution in [1.29, 1.82) is 0 Å². The molecule has 4 aromatic rings. The van der Waals surface area contributed by atoms with E-state index in [-0.39, 0.29) is 18.1 Å². The topological polar surface area (TPSA) is 50.2 Å². The third kappa shape index (κ3) is 5.12. The zero-order valence-electron chi connectivity index (χ0n) is 18.5. The van der Waals surface area contributed by atoms with E-state index < -0.39 is 0 Å². The van der Waals surface area contributed by atoms with E-state index in [1.165, 1.54) is 38.1 Å². The van der Waals surface area contributed by atoms with Crippen molar-refractivity contribution < 1.29 is 9.18 Å². The first-order valence-electron chi connectivity index (χ1n) is 11.5. The monoisotopic (exact) mass is 442 g/mol. The smallest absolute Gasteiger partial charge is 0.228 e. The number of hydrogen-bond acceptors (Lipinski definition) is 3. The Kier molecular flexibility index (Phi) is 6.17. The Hall–Kier alpha value is -3.51. The molecule has 1 aromatic heterocycles. The van der Waals surface area contributed by atoms with Gasteiger partial charge >= 0.3 is 0 Å². The predicted octanol–water partition coefficient (Wildman–Crippen LogP) is 5.12. The average Bonchev–Trinajstić information content (AvgIpc) is 3.48. The minimum Gasteiger partial charge on any atom is -0.326 e. The second-order valence-corrected chi connectivity index (χ2v) is 8.62. The van der Waals surface area contributed by atoms with Gasteiger partial charge in [0, 0.05) is 17.6 Å². The van der Waals surface area contributed by atoms with E-state index in [4.69, 9.17) is 0 Å². The number of anilines is 1. The normalized spacial score (nSPS) is 14.1. The van der Waals surface area contributed by atoms with Crippen LogP contribution in [0.4, 0.5) is 10.1 Å². The molecule has 5 nitrogen and oxygen atoms in total. The molecule has 0 saturated carbocycles. The number of benzene rings is 3. The van der Waals surface area contributed by atoms with Gasteiger partial charge in [-0.1, -0.05) is 36.4 Å². The summed E-state index contributed by atoms with van der Waals surface area (Å²) in [4.78, 5) is 15.1. The highest BCUT2D eigenvalue weighted by Gasteiger charge is 2.13. The molecular formula is C27H27FN4O. The molecule has 1 N–H and O–H groups in total. The number of carbonyl (C=O) groups excluding carboxylic acids is 1. The number of nitrogens with one attached hydrogen (secondary N) is 1. The number of carbonyl (C=O) groups is 1. The SMILES string of the molecule is O=C(Cc1ccc(-c2ccc(F)cc2)cc1)Nc1ccc2cnn(CCN3CCCC3)c2c1. The van der Waals surface area contributed by atoms with Crippen molar-refractivity contribution in [2.45, 2.75) is 25.8 Å². The molecule has 0 radical (unpaired) electrons. The van der Waals surface area contributed by atoms with Gasteiger partial charge in [0.1, 0.15) is 5.82 Å². The Morgan fingerprint density at radius 1 is 0.909 bits per heavy atom. The first-order valence-corrected chi connectivity index (χ1v) is 11.5. The quantitative estimate of drug-likeness (QED) is 0.432. The lowest BCUT2D eigenvalue weighted by atomic mass is 10.0. The molecule has 1 saturated heterocycles. The van der Waals surface area contributed by atoms with Gasteiger partial charge in [-0.05, 0) is 73.0 Å². The van der Waals surface area contributed by atoms with E-state index in [0.717, 1.165) is 46.4 Å². The van der Waals surface area contributed by atoms with Crippen LogP contribution >= 0.6 is 0 Å². The molecule has 1 fully saturated rings. The van der Waals surface area contributed by atoms with Gasteiger partial charge in [0.05, 0.1) is 24.7 Å². The van der Waals surface area contributed by atoms with Crippen LogP contribution in [0.2, 0.25) is 0 Å². The van der Waals surface area contributed by atoms with Crippen LogP contribution in [0.5, 0.6) is 0 Å². The molecule has 2 heterocycles. The van der Waals surface area contributed by atoms with E-state index in [1.54, 1.807) is 12.1 Å².